The molecular weight excluding hydrogens is 368 g/mol. The lowest BCUT2D eigenvalue weighted by molar-refractivity contribution is 0.852. The standard InChI is InChI=1S/C27H18N2O/c30-27-22-16-8-10-18-24(22)28-23-17-9-7-15-21(23)25(19-11-3-1-4-12-19)26(29(27)28)20-13-5-2-6-14-20/h1-18H. The molecule has 0 amide bonds. The van der Waals surface area contributed by atoms with E-state index in [0.717, 1.165) is 44.2 Å². The van der Waals surface area contributed by atoms with E-state index in [1.807, 2.05) is 71.2 Å². The predicted molar refractivity (Wildman–Crippen MR) is 123 cm³/mol. The van der Waals surface area contributed by atoms with Gasteiger partial charge in [-0.05, 0) is 23.8 Å². The van der Waals surface area contributed by atoms with E-state index in [9.17, 15) is 4.79 Å². The van der Waals surface area contributed by atoms with Crippen molar-refractivity contribution in [3.8, 4) is 22.4 Å². The number of nitrogens with zero attached hydrogens (tertiary/aromatic N) is 2. The lowest BCUT2D eigenvalue weighted by Crippen LogP contribution is -2.16. The molecule has 0 aliphatic rings. The van der Waals surface area contributed by atoms with E-state index in [0.29, 0.717) is 0 Å². The van der Waals surface area contributed by atoms with Crippen LogP contribution in [-0.2, 0) is 0 Å². The van der Waals surface area contributed by atoms with Gasteiger partial charge in [-0.25, -0.2) is 9.03 Å². The van der Waals surface area contributed by atoms with Crippen molar-refractivity contribution in [2.45, 2.75) is 0 Å². The first-order chi connectivity index (χ1) is 14.8. The Morgan fingerprint density at radius 3 is 1.63 bits per heavy atom. The largest absolute Gasteiger partial charge is 0.279 e. The summed E-state index contributed by atoms with van der Waals surface area (Å²) in [6.07, 6.45) is 0. The Bertz CT molecular complexity index is 1590. The lowest BCUT2D eigenvalue weighted by atomic mass is 9.95. The van der Waals surface area contributed by atoms with Crippen molar-refractivity contribution in [2.24, 2.45) is 0 Å². The Balaban J connectivity index is 1.98. The zero-order valence-electron chi connectivity index (χ0n) is 16.2. The first-order valence-electron chi connectivity index (χ1n) is 10.0. The van der Waals surface area contributed by atoms with Crippen LogP contribution in [0.15, 0.2) is 114 Å². The number of rotatable bonds is 2. The Hall–Kier alpha value is -4.11. The van der Waals surface area contributed by atoms with Crippen LogP contribution in [0.2, 0.25) is 0 Å². The van der Waals surface area contributed by atoms with E-state index in [-0.39, 0.29) is 5.56 Å². The van der Waals surface area contributed by atoms with Crippen molar-refractivity contribution >= 4 is 21.8 Å². The van der Waals surface area contributed by atoms with E-state index in [1.165, 1.54) is 0 Å². The Morgan fingerprint density at radius 2 is 0.967 bits per heavy atom. The van der Waals surface area contributed by atoms with E-state index >= 15 is 0 Å². The fourth-order valence-electron chi connectivity index (χ4n) is 4.45. The van der Waals surface area contributed by atoms with Gasteiger partial charge in [0.1, 0.15) is 0 Å². The van der Waals surface area contributed by atoms with Gasteiger partial charge in [-0.3, -0.25) is 4.79 Å². The number of para-hydroxylation sites is 2. The third-order valence-electron chi connectivity index (χ3n) is 5.71. The monoisotopic (exact) mass is 386 g/mol. The Labute approximate surface area is 173 Å². The molecule has 0 fully saturated rings. The number of aromatic nitrogens is 2. The molecule has 0 radical (unpaired) electrons. The highest BCUT2D eigenvalue weighted by molar-refractivity contribution is 6.02. The van der Waals surface area contributed by atoms with Crippen LogP contribution in [0, 0.1) is 0 Å². The molecule has 2 heterocycles. The maximum absolute atomic E-state index is 13.7. The third-order valence-corrected chi connectivity index (χ3v) is 5.71. The van der Waals surface area contributed by atoms with Gasteiger partial charge in [0.25, 0.3) is 5.56 Å². The second-order valence-electron chi connectivity index (χ2n) is 7.42. The fourth-order valence-corrected chi connectivity index (χ4v) is 4.45. The SMILES string of the molecule is O=c1c2ccccc2n2c3ccccc3c(-c3ccccc3)c(-c3ccccc3)n12. The molecule has 30 heavy (non-hydrogen) atoms. The second-order valence-corrected chi connectivity index (χ2v) is 7.42. The van der Waals surface area contributed by atoms with Crippen molar-refractivity contribution in [2.75, 3.05) is 0 Å². The van der Waals surface area contributed by atoms with Crippen molar-refractivity contribution in [1.29, 1.82) is 0 Å². The molecule has 0 aliphatic carbocycles. The minimum Gasteiger partial charge on any atom is -0.267 e. The summed E-state index contributed by atoms with van der Waals surface area (Å²) in [6.45, 7) is 0. The second kappa shape index (κ2) is 6.46. The highest BCUT2D eigenvalue weighted by Gasteiger charge is 2.21. The minimum absolute atomic E-state index is 0.00705. The molecule has 0 unspecified atom stereocenters. The van der Waals surface area contributed by atoms with Crippen LogP contribution in [0.25, 0.3) is 44.2 Å². The van der Waals surface area contributed by atoms with E-state index in [2.05, 4.69) is 47.0 Å². The molecule has 0 saturated carbocycles. The van der Waals surface area contributed by atoms with Crippen LogP contribution < -0.4 is 5.56 Å². The van der Waals surface area contributed by atoms with Gasteiger partial charge in [0.15, 0.2) is 0 Å². The van der Waals surface area contributed by atoms with Gasteiger partial charge in [0, 0.05) is 16.5 Å². The molecule has 2 aromatic heterocycles. The predicted octanol–water partition coefficient (Wildman–Crippen LogP) is 6.04. The fraction of sp³-hybridized carbons (Fsp3) is 0. The number of hydrogen-bond donors (Lipinski definition) is 0. The van der Waals surface area contributed by atoms with Crippen LogP contribution >= 0.6 is 0 Å². The van der Waals surface area contributed by atoms with Gasteiger partial charge >= 0.3 is 0 Å². The summed E-state index contributed by atoms with van der Waals surface area (Å²) < 4.78 is 3.90. The first kappa shape index (κ1) is 16.8. The first-order valence-corrected chi connectivity index (χ1v) is 10.0. The average molecular weight is 386 g/mol. The molecule has 6 aromatic rings. The molecule has 142 valence electrons. The van der Waals surface area contributed by atoms with E-state index in [4.69, 9.17) is 0 Å². The summed E-state index contributed by atoms with van der Waals surface area (Å²) in [5, 5.41) is 1.83. The molecule has 6 rings (SSSR count). The molecule has 4 aromatic carbocycles. The summed E-state index contributed by atoms with van der Waals surface area (Å²) in [5.74, 6) is 0. The van der Waals surface area contributed by atoms with Gasteiger partial charge in [0.2, 0.25) is 0 Å². The molecule has 3 heteroatoms. The summed E-state index contributed by atoms with van der Waals surface area (Å²) in [6, 6.07) is 36.6. The molecule has 0 atom stereocenters. The Morgan fingerprint density at radius 1 is 0.467 bits per heavy atom. The molecule has 0 N–H and O–H groups in total. The summed E-state index contributed by atoms with van der Waals surface area (Å²) in [4.78, 5) is 13.7. The molecule has 0 bridgehead atoms. The van der Waals surface area contributed by atoms with E-state index < -0.39 is 0 Å². The summed E-state index contributed by atoms with van der Waals surface area (Å²) in [7, 11) is 0. The van der Waals surface area contributed by atoms with Crippen LogP contribution in [0.3, 0.4) is 0 Å². The van der Waals surface area contributed by atoms with Crippen LogP contribution in [0.1, 0.15) is 0 Å². The normalized spacial score (nSPS) is 11.5. The number of hydrogen-bond acceptors (Lipinski definition) is 1. The quantitative estimate of drug-likeness (QED) is 0.356. The molecule has 0 spiro atoms. The topological polar surface area (TPSA) is 25.9 Å². The smallest absolute Gasteiger partial charge is 0.267 e. The lowest BCUT2D eigenvalue weighted by Gasteiger charge is -2.18. The van der Waals surface area contributed by atoms with Crippen LogP contribution in [0.5, 0.6) is 0 Å². The van der Waals surface area contributed by atoms with E-state index in [1.54, 1.807) is 0 Å². The summed E-state index contributed by atoms with van der Waals surface area (Å²) in [5.41, 5.74) is 5.98. The highest BCUT2D eigenvalue weighted by atomic mass is 16.1. The summed E-state index contributed by atoms with van der Waals surface area (Å²) >= 11 is 0. The molecular formula is C27H18N2O. The van der Waals surface area contributed by atoms with Crippen LogP contribution in [0.4, 0.5) is 0 Å². The van der Waals surface area contributed by atoms with Crippen molar-refractivity contribution in [1.82, 2.24) is 9.03 Å². The van der Waals surface area contributed by atoms with Crippen molar-refractivity contribution in [3.63, 3.8) is 0 Å². The Kier molecular flexibility index (Phi) is 3.62. The highest BCUT2D eigenvalue weighted by Crippen LogP contribution is 2.38. The van der Waals surface area contributed by atoms with Gasteiger partial charge in [-0.2, -0.15) is 0 Å². The van der Waals surface area contributed by atoms with Gasteiger partial charge in [-0.1, -0.05) is 91.0 Å². The molecule has 0 saturated heterocycles. The minimum atomic E-state index is -0.00705. The number of fused-ring (bicyclic) bond motifs is 5. The van der Waals surface area contributed by atoms with Crippen LogP contribution in [-0.4, -0.2) is 9.03 Å². The third kappa shape index (κ3) is 2.29. The average Bonchev–Trinajstić information content (AvgIpc) is 3.12. The van der Waals surface area contributed by atoms with Crippen molar-refractivity contribution in [3.05, 3.63) is 120 Å². The van der Waals surface area contributed by atoms with Gasteiger partial charge in [-0.15, -0.1) is 0 Å². The zero-order valence-corrected chi connectivity index (χ0v) is 16.2. The maximum atomic E-state index is 13.7. The maximum Gasteiger partial charge on any atom is 0.279 e. The molecule has 3 nitrogen and oxygen atoms in total. The number of benzene rings is 4. The van der Waals surface area contributed by atoms with Crippen molar-refractivity contribution < 1.29 is 0 Å². The zero-order chi connectivity index (χ0) is 20.1. The van der Waals surface area contributed by atoms with Gasteiger partial charge < -0.3 is 0 Å². The van der Waals surface area contributed by atoms with Gasteiger partial charge in [0.05, 0.1) is 22.1 Å². The molecule has 0 aliphatic heterocycles.